The summed E-state index contributed by atoms with van der Waals surface area (Å²) in [6.07, 6.45) is 1.79. The summed E-state index contributed by atoms with van der Waals surface area (Å²) in [6, 6.07) is 23.0. The van der Waals surface area contributed by atoms with Crippen molar-refractivity contribution >= 4 is 22.5 Å². The van der Waals surface area contributed by atoms with Crippen LogP contribution in [0.3, 0.4) is 0 Å². The molecule has 3 aromatic carbocycles. The molecule has 0 unspecified atom stereocenters. The molecule has 0 aliphatic rings. The minimum atomic E-state index is -0.140. The van der Waals surface area contributed by atoms with Gasteiger partial charge in [-0.3, -0.25) is 9.59 Å². The molecule has 1 amide bonds. The highest BCUT2D eigenvalue weighted by Gasteiger charge is 2.13. The second-order valence-electron chi connectivity index (χ2n) is 7.30. The first-order chi connectivity index (χ1) is 14.0. The van der Waals surface area contributed by atoms with Gasteiger partial charge in [0.25, 0.3) is 0 Å². The molecule has 4 heteroatoms. The Morgan fingerprint density at radius 2 is 1.59 bits per heavy atom. The maximum absolute atomic E-state index is 13.1. The largest absolute Gasteiger partial charge is 0.337 e. The number of rotatable bonds is 4. The standard InChI is InChI=1S/C25H22N2O2/c1-17-8-11-20(12-9-17)26-24(28)16-27-15-22(19-6-4-3-5-7-19)25(29)21-13-10-18(2)14-23(21)27/h3-15H,16H2,1-2H3,(H,26,28). The quantitative estimate of drug-likeness (QED) is 0.544. The van der Waals surface area contributed by atoms with Crippen molar-refractivity contribution in [1.29, 1.82) is 0 Å². The molecule has 0 spiro atoms. The number of carbonyl (C=O) groups is 1. The molecule has 0 saturated heterocycles. The first-order valence-electron chi connectivity index (χ1n) is 9.57. The normalized spacial score (nSPS) is 10.8. The lowest BCUT2D eigenvalue weighted by molar-refractivity contribution is -0.116. The Bertz CT molecular complexity index is 1240. The van der Waals surface area contributed by atoms with Crippen LogP contribution in [0, 0.1) is 13.8 Å². The van der Waals surface area contributed by atoms with Crippen molar-refractivity contribution in [1.82, 2.24) is 4.57 Å². The van der Waals surface area contributed by atoms with Gasteiger partial charge in [-0.05, 0) is 49.2 Å². The summed E-state index contributed by atoms with van der Waals surface area (Å²) in [5.41, 5.74) is 5.09. The van der Waals surface area contributed by atoms with E-state index in [9.17, 15) is 9.59 Å². The van der Waals surface area contributed by atoms with Crippen molar-refractivity contribution < 1.29 is 4.79 Å². The van der Waals surface area contributed by atoms with Crippen molar-refractivity contribution in [3.05, 3.63) is 100 Å². The molecule has 1 N–H and O–H groups in total. The summed E-state index contributed by atoms with van der Waals surface area (Å²) in [7, 11) is 0. The van der Waals surface area contributed by atoms with Crippen molar-refractivity contribution in [2.45, 2.75) is 20.4 Å². The third-order valence-electron chi connectivity index (χ3n) is 4.97. The molecule has 0 radical (unpaired) electrons. The average molecular weight is 382 g/mol. The summed E-state index contributed by atoms with van der Waals surface area (Å²) in [5.74, 6) is -0.140. The van der Waals surface area contributed by atoms with Crippen LogP contribution in [-0.2, 0) is 11.3 Å². The van der Waals surface area contributed by atoms with Gasteiger partial charge in [0.2, 0.25) is 5.91 Å². The molecule has 0 aliphatic heterocycles. The Morgan fingerprint density at radius 3 is 2.31 bits per heavy atom. The van der Waals surface area contributed by atoms with E-state index < -0.39 is 0 Å². The topological polar surface area (TPSA) is 51.1 Å². The van der Waals surface area contributed by atoms with Gasteiger partial charge in [-0.2, -0.15) is 0 Å². The summed E-state index contributed by atoms with van der Waals surface area (Å²) in [5, 5.41) is 3.54. The van der Waals surface area contributed by atoms with E-state index in [4.69, 9.17) is 0 Å². The van der Waals surface area contributed by atoms with Gasteiger partial charge in [-0.1, -0.05) is 54.1 Å². The van der Waals surface area contributed by atoms with Gasteiger partial charge in [-0.25, -0.2) is 0 Å². The van der Waals surface area contributed by atoms with E-state index in [1.807, 2.05) is 91.2 Å². The summed E-state index contributed by atoms with van der Waals surface area (Å²) >= 11 is 0. The van der Waals surface area contributed by atoms with Gasteiger partial charge in [0.15, 0.2) is 5.43 Å². The predicted molar refractivity (Wildman–Crippen MR) is 118 cm³/mol. The van der Waals surface area contributed by atoms with Crippen LogP contribution < -0.4 is 10.7 Å². The van der Waals surface area contributed by atoms with E-state index in [1.165, 1.54) is 0 Å². The van der Waals surface area contributed by atoms with Crippen LogP contribution in [0.1, 0.15) is 11.1 Å². The lowest BCUT2D eigenvalue weighted by atomic mass is 10.0. The minimum Gasteiger partial charge on any atom is -0.337 e. The molecule has 0 saturated carbocycles. The fourth-order valence-corrected chi connectivity index (χ4v) is 3.45. The number of nitrogens with zero attached hydrogens (tertiary/aromatic N) is 1. The second kappa shape index (κ2) is 7.76. The molecule has 1 heterocycles. The molecule has 144 valence electrons. The minimum absolute atomic E-state index is 0.0265. The van der Waals surface area contributed by atoms with Gasteiger partial charge in [-0.15, -0.1) is 0 Å². The highest BCUT2D eigenvalue weighted by molar-refractivity contribution is 5.92. The van der Waals surface area contributed by atoms with E-state index in [0.717, 1.165) is 27.9 Å². The third kappa shape index (κ3) is 3.97. The van der Waals surface area contributed by atoms with Crippen LogP contribution >= 0.6 is 0 Å². The maximum atomic E-state index is 13.1. The van der Waals surface area contributed by atoms with Crippen LogP contribution in [0.25, 0.3) is 22.0 Å². The van der Waals surface area contributed by atoms with E-state index in [-0.39, 0.29) is 17.9 Å². The molecule has 4 nitrogen and oxygen atoms in total. The number of nitrogens with one attached hydrogen (secondary N) is 1. The van der Waals surface area contributed by atoms with Crippen LogP contribution in [0.2, 0.25) is 0 Å². The van der Waals surface area contributed by atoms with Gasteiger partial charge >= 0.3 is 0 Å². The van der Waals surface area contributed by atoms with Gasteiger partial charge < -0.3 is 9.88 Å². The first kappa shape index (κ1) is 18.7. The van der Waals surface area contributed by atoms with Gasteiger partial charge in [0.1, 0.15) is 6.54 Å². The number of hydrogen-bond donors (Lipinski definition) is 1. The molecule has 29 heavy (non-hydrogen) atoms. The number of fused-ring (bicyclic) bond motifs is 1. The predicted octanol–water partition coefficient (Wildman–Crippen LogP) is 4.92. The zero-order valence-electron chi connectivity index (χ0n) is 16.5. The van der Waals surface area contributed by atoms with Crippen LogP contribution in [0.5, 0.6) is 0 Å². The summed E-state index contributed by atoms with van der Waals surface area (Å²) in [4.78, 5) is 25.8. The Hall–Kier alpha value is -3.66. The first-order valence-corrected chi connectivity index (χ1v) is 9.57. The number of benzene rings is 3. The Kier molecular flexibility index (Phi) is 5.00. The number of aromatic nitrogens is 1. The molecular formula is C25H22N2O2. The number of pyridine rings is 1. The van der Waals surface area contributed by atoms with E-state index in [0.29, 0.717) is 10.9 Å². The van der Waals surface area contributed by atoms with Crippen molar-refractivity contribution in [3.8, 4) is 11.1 Å². The molecule has 1 aromatic heterocycles. The zero-order valence-corrected chi connectivity index (χ0v) is 16.5. The number of carbonyl (C=O) groups excluding carboxylic acids is 1. The van der Waals surface area contributed by atoms with Crippen molar-refractivity contribution in [3.63, 3.8) is 0 Å². The molecule has 0 bridgehead atoms. The number of anilines is 1. The van der Waals surface area contributed by atoms with Crippen molar-refractivity contribution in [2.75, 3.05) is 5.32 Å². The number of hydrogen-bond acceptors (Lipinski definition) is 2. The Morgan fingerprint density at radius 1 is 0.897 bits per heavy atom. The summed E-state index contributed by atoms with van der Waals surface area (Å²) in [6.45, 7) is 4.10. The SMILES string of the molecule is Cc1ccc(NC(=O)Cn2cc(-c3ccccc3)c(=O)c3ccc(C)cc32)cc1. The van der Waals surface area contributed by atoms with Gasteiger partial charge in [0.05, 0.1) is 5.52 Å². The zero-order chi connectivity index (χ0) is 20.4. The molecule has 4 rings (SSSR count). The van der Waals surface area contributed by atoms with Gasteiger partial charge in [0, 0.05) is 22.8 Å². The lowest BCUT2D eigenvalue weighted by Crippen LogP contribution is -2.21. The van der Waals surface area contributed by atoms with E-state index in [2.05, 4.69) is 5.32 Å². The van der Waals surface area contributed by atoms with Crippen LogP contribution in [-0.4, -0.2) is 10.5 Å². The Balaban J connectivity index is 1.77. The average Bonchev–Trinajstić information content (AvgIpc) is 2.72. The van der Waals surface area contributed by atoms with Crippen molar-refractivity contribution in [2.24, 2.45) is 0 Å². The fourth-order valence-electron chi connectivity index (χ4n) is 3.45. The Labute approximate surface area is 169 Å². The second-order valence-corrected chi connectivity index (χ2v) is 7.30. The maximum Gasteiger partial charge on any atom is 0.244 e. The van der Waals surface area contributed by atoms with Crippen LogP contribution in [0.4, 0.5) is 5.69 Å². The highest BCUT2D eigenvalue weighted by Crippen LogP contribution is 2.21. The lowest BCUT2D eigenvalue weighted by Gasteiger charge is -2.14. The molecule has 0 aliphatic carbocycles. The fraction of sp³-hybridized carbons (Fsp3) is 0.120. The van der Waals surface area contributed by atoms with Crippen LogP contribution in [0.15, 0.2) is 83.8 Å². The summed E-state index contributed by atoms with van der Waals surface area (Å²) < 4.78 is 1.86. The monoisotopic (exact) mass is 382 g/mol. The molecule has 0 fully saturated rings. The highest BCUT2D eigenvalue weighted by atomic mass is 16.2. The smallest absolute Gasteiger partial charge is 0.244 e. The third-order valence-corrected chi connectivity index (χ3v) is 4.97. The molecule has 0 atom stereocenters. The number of amides is 1. The number of aryl methyl sites for hydroxylation is 2. The molecular weight excluding hydrogens is 360 g/mol. The van der Waals surface area contributed by atoms with E-state index in [1.54, 1.807) is 6.20 Å². The molecule has 4 aromatic rings. The van der Waals surface area contributed by atoms with E-state index >= 15 is 0 Å².